The van der Waals surface area contributed by atoms with Crippen molar-refractivity contribution in [3.8, 4) is 5.75 Å². The van der Waals surface area contributed by atoms with E-state index in [0.29, 0.717) is 31.3 Å². The van der Waals surface area contributed by atoms with Gasteiger partial charge in [-0.1, -0.05) is 30.3 Å². The van der Waals surface area contributed by atoms with Gasteiger partial charge in [-0.05, 0) is 31.5 Å². The Hall–Kier alpha value is -2.94. The number of anilines is 1. The Labute approximate surface area is 179 Å². The number of hydrogen-bond donors (Lipinski definition) is 3. The molecule has 0 spiro atoms. The Morgan fingerprint density at radius 1 is 1.23 bits per heavy atom. The van der Waals surface area contributed by atoms with Gasteiger partial charge in [-0.25, -0.2) is 4.39 Å². The summed E-state index contributed by atoms with van der Waals surface area (Å²) < 4.78 is 43.9. The van der Waals surface area contributed by atoms with E-state index in [1.807, 2.05) is 11.8 Å². The number of para-hydroxylation sites is 2. The molecule has 2 aromatic carbocycles. The average molecular weight is 436 g/mol. The zero-order valence-electron chi connectivity index (χ0n) is 17.3. The van der Waals surface area contributed by atoms with Gasteiger partial charge >= 0.3 is 6.61 Å². The van der Waals surface area contributed by atoms with E-state index in [2.05, 4.69) is 20.4 Å². The van der Waals surface area contributed by atoms with Crippen LogP contribution in [-0.2, 0) is 0 Å². The molecule has 0 aliphatic carbocycles. The van der Waals surface area contributed by atoms with E-state index >= 15 is 0 Å². The number of alkyl halides is 2. The molecule has 0 aromatic heterocycles. The van der Waals surface area contributed by atoms with Crippen LogP contribution in [0.3, 0.4) is 0 Å². The summed E-state index contributed by atoms with van der Waals surface area (Å²) in [6, 6.07) is 12.8. The molecule has 31 heavy (non-hydrogen) atoms. The molecule has 1 aliphatic rings. The number of halogens is 3. The number of hydrogen-bond acceptors (Lipinski definition) is 4. The van der Waals surface area contributed by atoms with Crippen molar-refractivity contribution in [2.75, 3.05) is 31.1 Å². The van der Waals surface area contributed by atoms with Crippen molar-refractivity contribution in [1.29, 1.82) is 0 Å². The van der Waals surface area contributed by atoms with Gasteiger partial charge in [0.2, 0.25) is 0 Å². The second-order valence-electron chi connectivity index (χ2n) is 7.18. The highest BCUT2D eigenvalue weighted by atomic mass is 19.3. The second-order valence-corrected chi connectivity index (χ2v) is 7.18. The van der Waals surface area contributed by atoms with Crippen LogP contribution >= 0.6 is 0 Å². The summed E-state index contributed by atoms with van der Waals surface area (Å²) in [5.41, 5.74) is 0.814. The fourth-order valence-corrected chi connectivity index (χ4v) is 3.55. The van der Waals surface area contributed by atoms with Crippen LogP contribution in [0.5, 0.6) is 5.75 Å². The second kappa shape index (κ2) is 10.9. The highest BCUT2D eigenvalue weighted by Gasteiger charge is 2.26. The molecule has 1 heterocycles. The number of nitrogens with one attached hydrogen (secondary N) is 2. The topological polar surface area (TPSA) is 69.1 Å². The number of rotatable bonds is 8. The van der Waals surface area contributed by atoms with Crippen LogP contribution in [0, 0.1) is 5.82 Å². The largest absolute Gasteiger partial charge is 0.433 e. The Kier molecular flexibility index (Phi) is 8.00. The van der Waals surface area contributed by atoms with Crippen LogP contribution in [0.15, 0.2) is 53.5 Å². The minimum absolute atomic E-state index is 0.00222. The summed E-state index contributed by atoms with van der Waals surface area (Å²) in [4.78, 5) is 6.36. The van der Waals surface area contributed by atoms with E-state index in [4.69, 9.17) is 0 Å². The lowest BCUT2D eigenvalue weighted by Crippen LogP contribution is -2.44. The van der Waals surface area contributed by atoms with Crippen LogP contribution < -0.4 is 20.3 Å². The first-order valence-electron chi connectivity index (χ1n) is 10.2. The summed E-state index contributed by atoms with van der Waals surface area (Å²) >= 11 is 0. The molecule has 2 unspecified atom stereocenters. The third-order valence-corrected chi connectivity index (χ3v) is 4.98. The van der Waals surface area contributed by atoms with Gasteiger partial charge in [-0.3, -0.25) is 4.99 Å². The molecule has 0 radical (unpaired) electrons. The normalized spacial score (nSPS) is 17.7. The molecule has 6 nitrogen and oxygen atoms in total. The number of aliphatic imine (C=N–C) groups is 1. The lowest BCUT2D eigenvalue weighted by Gasteiger charge is -2.22. The van der Waals surface area contributed by atoms with Gasteiger partial charge in [0.05, 0.1) is 12.2 Å². The highest BCUT2D eigenvalue weighted by molar-refractivity contribution is 5.80. The maximum absolute atomic E-state index is 13.9. The molecule has 0 bridgehead atoms. The molecule has 0 amide bonds. The third-order valence-electron chi connectivity index (χ3n) is 4.98. The molecule has 3 rings (SSSR count). The molecule has 1 saturated heterocycles. The lowest BCUT2D eigenvalue weighted by molar-refractivity contribution is -0.0495. The van der Waals surface area contributed by atoms with Crippen molar-refractivity contribution in [2.24, 2.45) is 4.99 Å². The lowest BCUT2D eigenvalue weighted by atomic mass is 10.1. The minimum atomic E-state index is -2.88. The quantitative estimate of drug-likeness (QED) is 0.438. The molecule has 168 valence electrons. The highest BCUT2D eigenvalue weighted by Crippen LogP contribution is 2.31. The van der Waals surface area contributed by atoms with Crippen LogP contribution in [0.2, 0.25) is 0 Å². The maximum Gasteiger partial charge on any atom is 0.387 e. The van der Waals surface area contributed by atoms with Gasteiger partial charge in [0, 0.05) is 31.2 Å². The standard InChI is InChI=1S/C22H27F3N4O2/c1-2-26-22(27-13-19(30)16-7-3-4-8-17(16)23)28-15-11-12-29(14-15)18-9-5-6-10-20(18)31-21(24)25/h3-10,15,19,21,30H,2,11-14H2,1H3,(H2,26,27,28). The maximum atomic E-state index is 13.9. The number of guanidine groups is 1. The van der Waals surface area contributed by atoms with E-state index < -0.39 is 18.5 Å². The van der Waals surface area contributed by atoms with Gasteiger partial charge in [-0.2, -0.15) is 8.78 Å². The first-order chi connectivity index (χ1) is 15.0. The molecular formula is C22H27F3N4O2. The van der Waals surface area contributed by atoms with E-state index in [0.717, 1.165) is 6.42 Å². The Morgan fingerprint density at radius 3 is 2.71 bits per heavy atom. The first kappa shape index (κ1) is 22.7. The monoisotopic (exact) mass is 436 g/mol. The van der Waals surface area contributed by atoms with E-state index in [-0.39, 0.29) is 23.9 Å². The Morgan fingerprint density at radius 2 is 1.97 bits per heavy atom. The summed E-state index contributed by atoms with van der Waals surface area (Å²) in [5.74, 6) is 0.174. The zero-order valence-corrected chi connectivity index (χ0v) is 17.3. The van der Waals surface area contributed by atoms with Crippen molar-refractivity contribution >= 4 is 11.6 Å². The molecule has 0 saturated carbocycles. The fourth-order valence-electron chi connectivity index (χ4n) is 3.55. The fraction of sp³-hybridized carbons (Fsp3) is 0.409. The van der Waals surface area contributed by atoms with Crippen LogP contribution in [-0.4, -0.2) is 49.9 Å². The molecule has 9 heteroatoms. The SMILES string of the molecule is CCNC(=NCC(O)c1ccccc1F)NC1CCN(c2ccccc2OC(F)F)C1. The molecular weight excluding hydrogens is 409 g/mol. The minimum Gasteiger partial charge on any atom is -0.433 e. The number of aliphatic hydroxyl groups excluding tert-OH is 1. The van der Waals surface area contributed by atoms with Crippen molar-refractivity contribution in [3.63, 3.8) is 0 Å². The number of ether oxygens (including phenoxy) is 1. The average Bonchev–Trinajstić information content (AvgIpc) is 3.20. The summed E-state index contributed by atoms with van der Waals surface area (Å²) in [6.07, 6.45) is -0.293. The zero-order chi connectivity index (χ0) is 22.2. The number of aliphatic hydroxyl groups is 1. The van der Waals surface area contributed by atoms with Gasteiger partial charge in [-0.15, -0.1) is 0 Å². The summed E-state index contributed by atoms with van der Waals surface area (Å²) in [7, 11) is 0. The predicted molar refractivity (Wildman–Crippen MR) is 114 cm³/mol. The van der Waals surface area contributed by atoms with Gasteiger partial charge in [0.1, 0.15) is 17.7 Å². The van der Waals surface area contributed by atoms with Crippen molar-refractivity contribution in [1.82, 2.24) is 10.6 Å². The van der Waals surface area contributed by atoms with Gasteiger partial charge in [0.25, 0.3) is 0 Å². The molecule has 2 atom stereocenters. The molecule has 1 aliphatic heterocycles. The van der Waals surface area contributed by atoms with E-state index in [1.54, 1.807) is 30.3 Å². The smallest absolute Gasteiger partial charge is 0.387 e. The van der Waals surface area contributed by atoms with Crippen LogP contribution in [0.1, 0.15) is 25.0 Å². The van der Waals surface area contributed by atoms with Crippen LogP contribution in [0.25, 0.3) is 0 Å². The molecule has 2 aromatic rings. The number of benzene rings is 2. The molecule has 1 fully saturated rings. The number of nitrogens with zero attached hydrogens (tertiary/aromatic N) is 2. The Balaban J connectivity index is 1.62. The first-order valence-corrected chi connectivity index (χ1v) is 10.2. The van der Waals surface area contributed by atoms with E-state index in [1.165, 1.54) is 18.2 Å². The van der Waals surface area contributed by atoms with Crippen LogP contribution in [0.4, 0.5) is 18.9 Å². The summed E-state index contributed by atoms with van der Waals surface area (Å²) in [6.45, 7) is 0.887. The third kappa shape index (κ3) is 6.27. The van der Waals surface area contributed by atoms with Crippen molar-refractivity contribution in [2.45, 2.75) is 32.1 Å². The van der Waals surface area contributed by atoms with Crippen molar-refractivity contribution < 1.29 is 23.0 Å². The van der Waals surface area contributed by atoms with Crippen molar-refractivity contribution in [3.05, 3.63) is 59.9 Å². The van der Waals surface area contributed by atoms with E-state index in [9.17, 15) is 18.3 Å². The Bertz CT molecular complexity index is 881. The van der Waals surface area contributed by atoms with Gasteiger partial charge < -0.3 is 25.4 Å². The summed E-state index contributed by atoms with van der Waals surface area (Å²) in [5, 5.41) is 16.7. The van der Waals surface area contributed by atoms with Gasteiger partial charge in [0.15, 0.2) is 5.96 Å². The predicted octanol–water partition coefficient (Wildman–Crippen LogP) is 3.29. The molecule has 3 N–H and O–H groups in total.